The van der Waals surface area contributed by atoms with Crippen molar-refractivity contribution in [1.29, 1.82) is 0 Å². The summed E-state index contributed by atoms with van der Waals surface area (Å²) >= 11 is 1.32. The number of urea groups is 1. The van der Waals surface area contributed by atoms with Crippen molar-refractivity contribution in [2.75, 3.05) is 13.1 Å². The molecule has 8 nitrogen and oxygen atoms in total. The van der Waals surface area contributed by atoms with E-state index < -0.39 is 11.3 Å². The highest BCUT2D eigenvalue weighted by atomic mass is 32.2. The molecule has 0 saturated heterocycles. The SMILES string of the molecule is O=C(NCCN1C(=O)N=C2C=CSC2C1=O)c1cnc[nH]1. The fraction of sp³-hybridized carbons (Fsp3) is 0.250. The molecule has 0 saturated carbocycles. The van der Waals surface area contributed by atoms with Crippen LogP contribution < -0.4 is 5.32 Å². The van der Waals surface area contributed by atoms with Crippen LogP contribution in [0.3, 0.4) is 0 Å². The van der Waals surface area contributed by atoms with E-state index in [1.807, 2.05) is 0 Å². The molecule has 0 fully saturated rings. The van der Waals surface area contributed by atoms with Gasteiger partial charge in [-0.15, -0.1) is 11.8 Å². The number of rotatable bonds is 4. The molecule has 4 amide bonds. The Morgan fingerprint density at radius 3 is 3.10 bits per heavy atom. The first kappa shape index (κ1) is 13.6. The molecule has 21 heavy (non-hydrogen) atoms. The first-order valence-corrected chi connectivity index (χ1v) is 7.13. The Hall–Kier alpha value is -2.42. The van der Waals surface area contributed by atoms with Crippen molar-refractivity contribution < 1.29 is 14.4 Å². The number of hydrogen-bond acceptors (Lipinski definition) is 5. The van der Waals surface area contributed by atoms with Gasteiger partial charge in [-0.05, 0) is 11.5 Å². The lowest BCUT2D eigenvalue weighted by Gasteiger charge is -2.25. The van der Waals surface area contributed by atoms with Crippen LogP contribution in [-0.2, 0) is 4.79 Å². The fourth-order valence-corrected chi connectivity index (χ4v) is 2.88. The Balaban J connectivity index is 1.57. The number of aromatic amines is 1. The van der Waals surface area contributed by atoms with Gasteiger partial charge in [0.1, 0.15) is 10.9 Å². The first-order chi connectivity index (χ1) is 10.2. The van der Waals surface area contributed by atoms with E-state index in [1.54, 1.807) is 11.5 Å². The molecule has 1 atom stereocenters. The third kappa shape index (κ3) is 2.59. The van der Waals surface area contributed by atoms with Crippen LogP contribution in [0.2, 0.25) is 0 Å². The van der Waals surface area contributed by atoms with Gasteiger partial charge in [-0.3, -0.25) is 14.5 Å². The van der Waals surface area contributed by atoms with E-state index in [9.17, 15) is 14.4 Å². The number of H-pyrrole nitrogens is 1. The molecule has 1 aromatic rings. The van der Waals surface area contributed by atoms with Crippen LogP contribution in [0.1, 0.15) is 10.5 Å². The summed E-state index contributed by atoms with van der Waals surface area (Å²) in [6.45, 7) is 0.246. The Morgan fingerprint density at radius 1 is 1.48 bits per heavy atom. The maximum Gasteiger partial charge on any atom is 0.350 e. The summed E-state index contributed by atoms with van der Waals surface area (Å²) in [5.74, 6) is -0.638. The number of aliphatic imine (C=N–C) groups is 1. The van der Waals surface area contributed by atoms with Gasteiger partial charge in [0.15, 0.2) is 0 Å². The second kappa shape index (κ2) is 5.52. The smallest absolute Gasteiger partial charge is 0.349 e. The molecule has 0 aliphatic carbocycles. The van der Waals surface area contributed by atoms with Gasteiger partial charge in [0.05, 0.1) is 18.2 Å². The van der Waals surface area contributed by atoms with Crippen molar-refractivity contribution in [3.63, 3.8) is 0 Å². The monoisotopic (exact) mass is 305 g/mol. The Morgan fingerprint density at radius 2 is 2.33 bits per heavy atom. The summed E-state index contributed by atoms with van der Waals surface area (Å²) in [4.78, 5) is 47.0. The molecule has 3 heterocycles. The second-order valence-electron chi connectivity index (χ2n) is 4.35. The lowest BCUT2D eigenvalue weighted by atomic mass is 10.2. The minimum Gasteiger partial charge on any atom is -0.349 e. The number of aromatic nitrogens is 2. The molecule has 1 aromatic heterocycles. The number of amides is 4. The molecule has 108 valence electrons. The highest BCUT2D eigenvalue weighted by Gasteiger charge is 2.38. The molecule has 3 rings (SSSR count). The van der Waals surface area contributed by atoms with E-state index in [1.165, 1.54) is 24.3 Å². The third-order valence-electron chi connectivity index (χ3n) is 3.03. The van der Waals surface area contributed by atoms with Crippen molar-refractivity contribution in [3.05, 3.63) is 29.7 Å². The van der Waals surface area contributed by atoms with E-state index in [0.29, 0.717) is 11.4 Å². The quantitative estimate of drug-likeness (QED) is 0.824. The third-order valence-corrected chi connectivity index (χ3v) is 4.04. The van der Waals surface area contributed by atoms with Crippen LogP contribution in [0, 0.1) is 0 Å². The van der Waals surface area contributed by atoms with Crippen molar-refractivity contribution >= 4 is 35.3 Å². The zero-order chi connectivity index (χ0) is 14.8. The van der Waals surface area contributed by atoms with Crippen LogP contribution in [0.5, 0.6) is 0 Å². The number of fused-ring (bicyclic) bond motifs is 1. The summed E-state index contributed by atoms with van der Waals surface area (Å²) in [6, 6.07) is -0.589. The predicted octanol–water partition coefficient (Wildman–Crippen LogP) is 0.172. The molecule has 0 bridgehead atoms. The molecule has 0 spiro atoms. The fourth-order valence-electron chi connectivity index (χ4n) is 1.99. The number of thioether (sulfide) groups is 1. The maximum atomic E-state index is 12.2. The van der Waals surface area contributed by atoms with Crippen molar-refractivity contribution in [3.8, 4) is 0 Å². The topological polar surface area (TPSA) is 108 Å². The number of nitrogens with zero attached hydrogens (tertiary/aromatic N) is 3. The average molecular weight is 305 g/mol. The zero-order valence-electron chi connectivity index (χ0n) is 10.8. The van der Waals surface area contributed by atoms with Gasteiger partial charge >= 0.3 is 6.03 Å². The Labute approximate surface area is 123 Å². The van der Waals surface area contributed by atoms with Crippen LogP contribution in [-0.4, -0.2) is 56.8 Å². The van der Waals surface area contributed by atoms with Crippen LogP contribution in [0.4, 0.5) is 4.79 Å². The summed E-state index contributed by atoms with van der Waals surface area (Å²) in [5.41, 5.74) is 0.815. The highest BCUT2D eigenvalue weighted by Crippen LogP contribution is 2.27. The average Bonchev–Trinajstić information content (AvgIpc) is 3.12. The van der Waals surface area contributed by atoms with Crippen molar-refractivity contribution in [2.45, 2.75) is 5.25 Å². The Kier molecular flexibility index (Phi) is 3.57. The predicted molar refractivity (Wildman–Crippen MR) is 76.0 cm³/mol. The van der Waals surface area contributed by atoms with Gasteiger partial charge < -0.3 is 10.3 Å². The molecule has 2 aliphatic heterocycles. The van der Waals surface area contributed by atoms with Crippen molar-refractivity contribution in [1.82, 2.24) is 20.2 Å². The van der Waals surface area contributed by atoms with E-state index in [-0.39, 0.29) is 24.9 Å². The maximum absolute atomic E-state index is 12.2. The molecule has 2 aliphatic rings. The van der Waals surface area contributed by atoms with Gasteiger partial charge in [0, 0.05) is 13.1 Å². The lowest BCUT2D eigenvalue weighted by Crippen LogP contribution is -2.49. The molecule has 0 radical (unpaired) electrons. The molecule has 1 unspecified atom stereocenters. The number of allylic oxidation sites excluding steroid dienone is 1. The van der Waals surface area contributed by atoms with Crippen LogP contribution >= 0.6 is 11.8 Å². The normalized spacial score (nSPS) is 20.5. The highest BCUT2D eigenvalue weighted by molar-refractivity contribution is 8.04. The minimum atomic E-state index is -0.589. The number of nitrogens with one attached hydrogen (secondary N) is 2. The Bertz CT molecular complexity index is 652. The zero-order valence-corrected chi connectivity index (χ0v) is 11.6. The summed E-state index contributed by atoms with van der Waals surface area (Å²) in [5, 5.41) is 3.92. The van der Waals surface area contributed by atoms with Crippen LogP contribution in [0.25, 0.3) is 0 Å². The van der Waals surface area contributed by atoms with Gasteiger partial charge in [0.2, 0.25) is 5.91 Å². The van der Waals surface area contributed by atoms with Gasteiger partial charge in [0.25, 0.3) is 5.91 Å². The standard InChI is InChI=1S/C12H11N5O3S/c18-10(8-5-13-6-15-8)14-2-3-17-11(19)9-7(1-4-21-9)16-12(17)20/h1,4-6,9H,2-3H2,(H,13,15)(H,14,18). The minimum absolute atomic E-state index is 0.0887. The van der Waals surface area contributed by atoms with Gasteiger partial charge in [-0.1, -0.05) is 0 Å². The van der Waals surface area contributed by atoms with E-state index >= 15 is 0 Å². The van der Waals surface area contributed by atoms with Gasteiger partial charge in [-0.2, -0.15) is 4.99 Å². The van der Waals surface area contributed by atoms with Crippen molar-refractivity contribution in [2.24, 2.45) is 4.99 Å². The van der Waals surface area contributed by atoms with E-state index in [0.717, 1.165) is 4.90 Å². The molecule has 2 N–H and O–H groups in total. The number of carbonyl (C=O) groups excluding carboxylic acids is 3. The molecule has 0 aromatic carbocycles. The lowest BCUT2D eigenvalue weighted by molar-refractivity contribution is -0.126. The summed E-state index contributed by atoms with van der Waals surface area (Å²) < 4.78 is 0. The van der Waals surface area contributed by atoms with E-state index in [2.05, 4.69) is 20.3 Å². The first-order valence-electron chi connectivity index (χ1n) is 6.19. The summed E-state index contributed by atoms with van der Waals surface area (Å²) in [7, 11) is 0. The number of carbonyl (C=O) groups is 3. The summed E-state index contributed by atoms with van der Waals surface area (Å²) in [6.07, 6.45) is 4.46. The number of imide groups is 1. The molecular formula is C12H11N5O3S. The number of imidazole rings is 1. The van der Waals surface area contributed by atoms with Crippen LogP contribution in [0.15, 0.2) is 29.0 Å². The molecule has 9 heteroatoms. The van der Waals surface area contributed by atoms with E-state index in [4.69, 9.17) is 0 Å². The number of hydrogen-bond donors (Lipinski definition) is 2. The largest absolute Gasteiger partial charge is 0.350 e. The molecular weight excluding hydrogens is 294 g/mol. The second-order valence-corrected chi connectivity index (χ2v) is 5.36. The van der Waals surface area contributed by atoms with Gasteiger partial charge in [-0.25, -0.2) is 9.78 Å².